The molecular weight excluding hydrogens is 286 g/mol. The quantitative estimate of drug-likeness (QED) is 0.756. The van der Waals surface area contributed by atoms with Crippen LogP contribution in [0.3, 0.4) is 0 Å². The number of carbonyl (C=O) groups is 2. The van der Waals surface area contributed by atoms with E-state index in [0.717, 1.165) is 25.2 Å². The zero-order chi connectivity index (χ0) is 15.1. The Balaban J connectivity index is 0.000000286. The lowest BCUT2D eigenvalue weighted by molar-refractivity contribution is -0.159. The molecule has 0 saturated heterocycles. The Morgan fingerprint density at radius 1 is 1.35 bits per heavy atom. The van der Waals surface area contributed by atoms with Gasteiger partial charge in [0.25, 0.3) is 5.88 Å². The average Bonchev–Trinajstić information content (AvgIpc) is 2.87. The van der Waals surface area contributed by atoms with Crippen LogP contribution in [0.25, 0.3) is 5.57 Å². The van der Waals surface area contributed by atoms with E-state index in [1.807, 2.05) is 0 Å². The van der Waals surface area contributed by atoms with Crippen LogP contribution in [0, 0.1) is 0 Å². The summed E-state index contributed by atoms with van der Waals surface area (Å²) in [6.45, 7) is 2.05. The van der Waals surface area contributed by atoms with Gasteiger partial charge in [-0.2, -0.15) is 4.37 Å². The van der Waals surface area contributed by atoms with Gasteiger partial charge in [0.05, 0.1) is 18.8 Å². The minimum absolute atomic E-state index is 0.650. The van der Waals surface area contributed by atoms with Crippen LogP contribution in [0.15, 0.2) is 6.08 Å². The van der Waals surface area contributed by atoms with Gasteiger partial charge in [0.2, 0.25) is 0 Å². The van der Waals surface area contributed by atoms with E-state index in [0.29, 0.717) is 5.88 Å². The fourth-order valence-corrected chi connectivity index (χ4v) is 2.13. The van der Waals surface area contributed by atoms with Gasteiger partial charge < -0.3 is 19.8 Å². The minimum atomic E-state index is -1.82. The number of carboxylic acids is 2. The average molecular weight is 301 g/mol. The number of hydrogen-bond acceptors (Lipinski definition) is 7. The second-order valence-electron chi connectivity index (χ2n) is 3.99. The second kappa shape index (κ2) is 7.56. The Hall–Kier alpha value is -2.00. The fraction of sp³-hybridized carbons (Fsp3) is 0.455. The summed E-state index contributed by atoms with van der Waals surface area (Å²) in [4.78, 5) is 20.5. The van der Waals surface area contributed by atoms with Crippen molar-refractivity contribution in [1.82, 2.24) is 13.6 Å². The van der Waals surface area contributed by atoms with E-state index in [1.165, 1.54) is 17.3 Å². The Morgan fingerprint density at radius 2 is 2.00 bits per heavy atom. The van der Waals surface area contributed by atoms with Crippen LogP contribution in [-0.4, -0.2) is 63.0 Å². The molecule has 0 fully saturated rings. The van der Waals surface area contributed by atoms with Gasteiger partial charge in [0.1, 0.15) is 5.69 Å². The predicted octanol–water partition coefficient (Wildman–Crippen LogP) is 0.421. The molecule has 9 heteroatoms. The Bertz CT molecular complexity index is 502. The zero-order valence-electron chi connectivity index (χ0n) is 11.1. The highest BCUT2D eigenvalue weighted by molar-refractivity contribution is 6.99. The fourth-order valence-electron chi connectivity index (χ4n) is 1.58. The number of hydrogen-bond donors (Lipinski definition) is 2. The first-order valence-corrected chi connectivity index (χ1v) is 6.39. The predicted molar refractivity (Wildman–Crippen MR) is 71.8 cm³/mol. The van der Waals surface area contributed by atoms with Crippen molar-refractivity contribution in [2.45, 2.75) is 6.42 Å². The number of likely N-dealkylation sites (N-methyl/N-ethyl adjacent to an activating group) is 1. The maximum absolute atomic E-state index is 9.10. The molecule has 0 unspecified atom stereocenters. The molecule has 0 spiro atoms. The summed E-state index contributed by atoms with van der Waals surface area (Å²) in [6.07, 6.45) is 3.30. The molecular formula is C11H15N3O5S. The summed E-state index contributed by atoms with van der Waals surface area (Å²) in [5, 5.41) is 14.8. The Labute approximate surface area is 119 Å². The second-order valence-corrected chi connectivity index (χ2v) is 4.52. The third-order valence-corrected chi connectivity index (χ3v) is 2.99. The Morgan fingerprint density at radius 3 is 2.50 bits per heavy atom. The van der Waals surface area contributed by atoms with E-state index in [2.05, 4.69) is 26.8 Å². The number of aliphatic carboxylic acids is 2. The van der Waals surface area contributed by atoms with Crippen molar-refractivity contribution in [2.75, 3.05) is 27.2 Å². The first-order valence-electron chi connectivity index (χ1n) is 5.66. The lowest BCUT2D eigenvalue weighted by Gasteiger charge is -2.21. The highest BCUT2D eigenvalue weighted by Crippen LogP contribution is 2.26. The molecule has 2 rings (SSSR count). The lowest BCUT2D eigenvalue weighted by atomic mass is 10.1. The van der Waals surface area contributed by atoms with Crippen LogP contribution in [0.1, 0.15) is 12.1 Å². The molecule has 1 aromatic rings. The monoisotopic (exact) mass is 301 g/mol. The molecule has 0 saturated carbocycles. The molecule has 1 aromatic heterocycles. The number of aromatic nitrogens is 2. The van der Waals surface area contributed by atoms with Gasteiger partial charge in [-0.25, -0.2) is 9.59 Å². The van der Waals surface area contributed by atoms with E-state index in [1.54, 1.807) is 7.11 Å². The first kappa shape index (κ1) is 16.1. The number of carboxylic acid groups (broad SMARTS) is 2. The van der Waals surface area contributed by atoms with Gasteiger partial charge in [-0.1, -0.05) is 6.08 Å². The van der Waals surface area contributed by atoms with Gasteiger partial charge in [0.15, 0.2) is 0 Å². The van der Waals surface area contributed by atoms with Gasteiger partial charge in [0, 0.05) is 13.1 Å². The maximum Gasteiger partial charge on any atom is 0.414 e. The molecule has 0 radical (unpaired) electrons. The zero-order valence-corrected chi connectivity index (χ0v) is 11.9. The van der Waals surface area contributed by atoms with Crippen molar-refractivity contribution in [3.63, 3.8) is 0 Å². The van der Waals surface area contributed by atoms with E-state index in [-0.39, 0.29) is 0 Å². The molecule has 1 aliphatic rings. The molecule has 110 valence electrons. The molecule has 8 nitrogen and oxygen atoms in total. The molecule has 0 bridgehead atoms. The molecule has 0 atom stereocenters. The summed E-state index contributed by atoms with van der Waals surface area (Å²) >= 11 is 1.20. The van der Waals surface area contributed by atoms with Crippen LogP contribution in [0.2, 0.25) is 0 Å². The largest absolute Gasteiger partial charge is 0.479 e. The SMILES string of the molecule is COc1nsnc1C1=CCCN(C)C1.O=C(O)C(=O)O. The topological polar surface area (TPSA) is 113 Å². The number of methoxy groups -OCH3 is 1. The number of ether oxygens (including phenoxy) is 1. The molecule has 2 N–H and O–H groups in total. The van der Waals surface area contributed by atoms with Gasteiger partial charge in [-0.3, -0.25) is 0 Å². The smallest absolute Gasteiger partial charge is 0.414 e. The van der Waals surface area contributed by atoms with E-state index >= 15 is 0 Å². The summed E-state index contributed by atoms with van der Waals surface area (Å²) in [5.41, 5.74) is 2.13. The van der Waals surface area contributed by atoms with Crippen molar-refractivity contribution in [2.24, 2.45) is 0 Å². The van der Waals surface area contributed by atoms with Crippen LogP contribution in [0.5, 0.6) is 5.88 Å². The Kier molecular flexibility index (Phi) is 6.07. The number of rotatable bonds is 2. The van der Waals surface area contributed by atoms with Crippen LogP contribution >= 0.6 is 11.7 Å². The van der Waals surface area contributed by atoms with Crippen LogP contribution in [-0.2, 0) is 9.59 Å². The minimum Gasteiger partial charge on any atom is -0.479 e. The standard InChI is InChI=1S/C9H13N3OS.C2H2O4/c1-12-5-3-4-7(6-12)8-9(13-2)11-14-10-8;3-1(4)2(5)6/h4H,3,5-6H2,1-2H3;(H,3,4)(H,5,6). The normalized spacial score (nSPS) is 14.8. The summed E-state index contributed by atoms with van der Waals surface area (Å²) in [6, 6.07) is 0. The molecule has 1 aliphatic heterocycles. The van der Waals surface area contributed by atoms with Crippen molar-refractivity contribution in [3.05, 3.63) is 11.8 Å². The summed E-state index contributed by atoms with van der Waals surface area (Å²) < 4.78 is 13.5. The van der Waals surface area contributed by atoms with Crippen LogP contribution in [0.4, 0.5) is 0 Å². The first-order chi connectivity index (χ1) is 9.45. The molecule has 20 heavy (non-hydrogen) atoms. The van der Waals surface area contributed by atoms with Crippen LogP contribution < -0.4 is 4.74 Å². The van der Waals surface area contributed by atoms with Gasteiger partial charge >= 0.3 is 11.9 Å². The molecule has 0 aliphatic carbocycles. The third-order valence-electron chi connectivity index (χ3n) is 2.48. The van der Waals surface area contributed by atoms with Crippen molar-refractivity contribution >= 4 is 29.2 Å². The summed E-state index contributed by atoms with van der Waals surface area (Å²) in [5.74, 6) is -3.00. The maximum atomic E-state index is 9.10. The van der Waals surface area contributed by atoms with Gasteiger partial charge in [-0.15, -0.1) is 4.37 Å². The highest BCUT2D eigenvalue weighted by Gasteiger charge is 2.17. The number of nitrogens with zero attached hydrogens (tertiary/aromatic N) is 3. The lowest BCUT2D eigenvalue weighted by Crippen LogP contribution is -2.25. The highest BCUT2D eigenvalue weighted by atomic mass is 32.1. The molecule has 0 amide bonds. The van der Waals surface area contributed by atoms with E-state index < -0.39 is 11.9 Å². The van der Waals surface area contributed by atoms with Crippen molar-refractivity contribution in [3.8, 4) is 5.88 Å². The summed E-state index contributed by atoms with van der Waals surface area (Å²) in [7, 11) is 3.74. The molecule has 2 heterocycles. The van der Waals surface area contributed by atoms with Crippen molar-refractivity contribution in [1.29, 1.82) is 0 Å². The molecule has 0 aromatic carbocycles. The third kappa shape index (κ3) is 4.59. The van der Waals surface area contributed by atoms with Crippen molar-refractivity contribution < 1.29 is 24.5 Å². The van der Waals surface area contributed by atoms with Gasteiger partial charge in [-0.05, 0) is 19.0 Å². The van der Waals surface area contributed by atoms with E-state index in [9.17, 15) is 0 Å². The van der Waals surface area contributed by atoms with E-state index in [4.69, 9.17) is 24.5 Å².